The molecular weight excluding hydrogens is 214 g/mol. The second kappa shape index (κ2) is 5.15. The highest BCUT2D eigenvalue weighted by Crippen LogP contribution is 2.21. The van der Waals surface area contributed by atoms with Crippen molar-refractivity contribution in [2.24, 2.45) is 5.73 Å². The highest BCUT2D eigenvalue weighted by Gasteiger charge is 2.20. The van der Waals surface area contributed by atoms with E-state index in [1.54, 1.807) is 6.07 Å². The number of nitrogens with two attached hydrogens (primary N) is 1. The molecule has 3 nitrogen and oxygen atoms in total. The number of ketones is 1. The van der Waals surface area contributed by atoms with Gasteiger partial charge in [-0.1, -0.05) is 37.6 Å². The van der Waals surface area contributed by atoms with Crippen LogP contribution >= 0.6 is 0 Å². The summed E-state index contributed by atoms with van der Waals surface area (Å²) in [5, 5.41) is 0. The summed E-state index contributed by atoms with van der Waals surface area (Å²) >= 11 is 0. The predicted octanol–water partition coefficient (Wildman–Crippen LogP) is 2.72. The fourth-order valence-corrected chi connectivity index (χ4v) is 1.90. The number of allylic oxidation sites excluding steroid dienone is 3. The number of carbonyl (C=O) groups is 1. The molecule has 3 heteroatoms. The SMILES string of the molecule is CCCC(N)C(=O)c1cc2c(o1)CC=CC=C2. The van der Waals surface area contributed by atoms with Crippen LogP contribution in [-0.4, -0.2) is 11.8 Å². The third kappa shape index (κ3) is 2.56. The normalized spacial score (nSPS) is 15.4. The Hall–Kier alpha value is -1.61. The smallest absolute Gasteiger partial charge is 0.214 e. The highest BCUT2D eigenvalue weighted by molar-refractivity contribution is 5.98. The van der Waals surface area contributed by atoms with E-state index in [-0.39, 0.29) is 5.78 Å². The summed E-state index contributed by atoms with van der Waals surface area (Å²) in [4.78, 5) is 12.0. The molecule has 0 amide bonds. The van der Waals surface area contributed by atoms with E-state index < -0.39 is 6.04 Å². The van der Waals surface area contributed by atoms with Crippen molar-refractivity contribution in [3.05, 3.63) is 41.4 Å². The van der Waals surface area contributed by atoms with E-state index in [1.165, 1.54) is 0 Å². The van der Waals surface area contributed by atoms with Crippen molar-refractivity contribution in [2.75, 3.05) is 0 Å². The quantitative estimate of drug-likeness (QED) is 0.810. The van der Waals surface area contributed by atoms with Gasteiger partial charge in [0.25, 0.3) is 0 Å². The number of fused-ring (bicyclic) bond motifs is 1. The van der Waals surface area contributed by atoms with Gasteiger partial charge >= 0.3 is 0 Å². The Labute approximate surface area is 101 Å². The summed E-state index contributed by atoms with van der Waals surface area (Å²) in [5.74, 6) is 1.12. The van der Waals surface area contributed by atoms with E-state index in [0.717, 1.165) is 24.2 Å². The third-order valence-electron chi connectivity index (χ3n) is 2.85. The Morgan fingerprint density at radius 1 is 1.53 bits per heavy atom. The molecule has 0 radical (unpaired) electrons. The number of hydrogen-bond donors (Lipinski definition) is 1. The van der Waals surface area contributed by atoms with Crippen molar-refractivity contribution in [1.29, 1.82) is 0 Å². The summed E-state index contributed by atoms with van der Waals surface area (Å²) < 4.78 is 5.58. The van der Waals surface area contributed by atoms with E-state index in [0.29, 0.717) is 12.2 Å². The topological polar surface area (TPSA) is 56.2 Å². The third-order valence-corrected chi connectivity index (χ3v) is 2.85. The lowest BCUT2D eigenvalue weighted by Crippen LogP contribution is -2.29. The molecule has 1 aromatic heterocycles. The largest absolute Gasteiger partial charge is 0.457 e. The van der Waals surface area contributed by atoms with Crippen LogP contribution < -0.4 is 5.73 Å². The number of furan rings is 1. The van der Waals surface area contributed by atoms with Crippen LogP contribution in [0.25, 0.3) is 6.08 Å². The van der Waals surface area contributed by atoms with Crippen LogP contribution in [0, 0.1) is 0 Å². The molecule has 0 bridgehead atoms. The Bertz CT molecular complexity index is 469. The Morgan fingerprint density at radius 2 is 2.35 bits per heavy atom. The van der Waals surface area contributed by atoms with Gasteiger partial charge in [-0.05, 0) is 12.5 Å². The van der Waals surface area contributed by atoms with E-state index in [4.69, 9.17) is 10.2 Å². The van der Waals surface area contributed by atoms with E-state index in [1.807, 2.05) is 31.2 Å². The number of rotatable bonds is 4. The van der Waals surface area contributed by atoms with Crippen LogP contribution in [0.4, 0.5) is 0 Å². The van der Waals surface area contributed by atoms with Crippen molar-refractivity contribution in [3.8, 4) is 0 Å². The molecule has 0 aliphatic heterocycles. The van der Waals surface area contributed by atoms with Gasteiger partial charge in [0.05, 0.1) is 6.04 Å². The molecule has 1 atom stereocenters. The first kappa shape index (κ1) is 11.9. The Kier molecular flexibility index (Phi) is 3.59. The number of carbonyl (C=O) groups excluding carboxylic acids is 1. The van der Waals surface area contributed by atoms with E-state index >= 15 is 0 Å². The molecule has 90 valence electrons. The van der Waals surface area contributed by atoms with Crippen LogP contribution in [0.3, 0.4) is 0 Å². The first-order chi connectivity index (χ1) is 8.22. The molecule has 0 spiro atoms. The van der Waals surface area contributed by atoms with Crippen LogP contribution in [0.15, 0.2) is 28.7 Å². The molecule has 17 heavy (non-hydrogen) atoms. The summed E-state index contributed by atoms with van der Waals surface area (Å²) in [7, 11) is 0. The van der Waals surface area contributed by atoms with Gasteiger partial charge in [0.1, 0.15) is 5.76 Å². The first-order valence-corrected chi connectivity index (χ1v) is 5.98. The van der Waals surface area contributed by atoms with Crippen molar-refractivity contribution < 1.29 is 9.21 Å². The average Bonchev–Trinajstić information content (AvgIpc) is 2.60. The van der Waals surface area contributed by atoms with Gasteiger partial charge < -0.3 is 10.2 Å². The van der Waals surface area contributed by atoms with Crippen LogP contribution in [0.2, 0.25) is 0 Å². The average molecular weight is 231 g/mol. The van der Waals surface area contributed by atoms with Gasteiger partial charge in [-0.2, -0.15) is 0 Å². The lowest BCUT2D eigenvalue weighted by molar-refractivity contribution is 0.0928. The molecule has 1 aliphatic carbocycles. The fourth-order valence-electron chi connectivity index (χ4n) is 1.90. The molecule has 1 aromatic rings. The molecule has 2 N–H and O–H groups in total. The molecule has 1 aliphatic rings. The molecule has 2 rings (SSSR count). The standard InChI is InChI=1S/C14H17NO2/c1-2-6-11(15)14(16)13-9-10-7-4-3-5-8-12(10)17-13/h3-5,7,9,11H,2,6,8,15H2,1H3. The number of Topliss-reactive ketones (excluding diaryl/α,β-unsaturated/α-hetero) is 1. The molecule has 0 fully saturated rings. The summed E-state index contributed by atoms with van der Waals surface area (Å²) in [6, 6.07) is 1.34. The zero-order chi connectivity index (χ0) is 12.3. The maximum atomic E-state index is 12.0. The van der Waals surface area contributed by atoms with Crippen molar-refractivity contribution in [1.82, 2.24) is 0 Å². The summed E-state index contributed by atoms with van der Waals surface area (Å²) in [6.45, 7) is 2.01. The fraction of sp³-hybridized carbons (Fsp3) is 0.357. The maximum absolute atomic E-state index is 12.0. The lowest BCUT2D eigenvalue weighted by atomic mass is 10.1. The molecular formula is C14H17NO2. The molecule has 0 aromatic carbocycles. The Balaban J connectivity index is 2.21. The van der Waals surface area contributed by atoms with Gasteiger partial charge in [0.15, 0.2) is 5.76 Å². The van der Waals surface area contributed by atoms with E-state index in [9.17, 15) is 4.79 Å². The minimum atomic E-state index is -0.450. The van der Waals surface area contributed by atoms with E-state index in [2.05, 4.69) is 0 Å². The summed E-state index contributed by atoms with van der Waals surface area (Å²) in [5.41, 5.74) is 6.78. The molecule has 1 unspecified atom stereocenters. The highest BCUT2D eigenvalue weighted by atomic mass is 16.3. The van der Waals surface area contributed by atoms with Crippen LogP contribution in [0.5, 0.6) is 0 Å². The minimum absolute atomic E-state index is 0.0997. The van der Waals surface area contributed by atoms with Gasteiger partial charge in [-0.3, -0.25) is 4.79 Å². The summed E-state index contributed by atoms with van der Waals surface area (Å²) in [6.07, 6.45) is 10.2. The van der Waals surface area contributed by atoms with Crippen molar-refractivity contribution in [2.45, 2.75) is 32.2 Å². The molecule has 1 heterocycles. The lowest BCUT2D eigenvalue weighted by Gasteiger charge is -2.05. The second-order valence-corrected chi connectivity index (χ2v) is 4.24. The van der Waals surface area contributed by atoms with Crippen LogP contribution in [0.1, 0.15) is 41.6 Å². The van der Waals surface area contributed by atoms with Crippen LogP contribution in [-0.2, 0) is 6.42 Å². The first-order valence-electron chi connectivity index (χ1n) is 5.98. The predicted molar refractivity (Wildman–Crippen MR) is 67.8 cm³/mol. The van der Waals surface area contributed by atoms with Gasteiger partial charge in [0.2, 0.25) is 5.78 Å². The molecule has 0 saturated carbocycles. The monoisotopic (exact) mass is 231 g/mol. The van der Waals surface area contributed by atoms with Gasteiger partial charge in [0, 0.05) is 12.0 Å². The van der Waals surface area contributed by atoms with Crippen molar-refractivity contribution >= 4 is 11.9 Å². The zero-order valence-corrected chi connectivity index (χ0v) is 9.98. The minimum Gasteiger partial charge on any atom is -0.457 e. The zero-order valence-electron chi connectivity index (χ0n) is 9.98. The Morgan fingerprint density at radius 3 is 3.12 bits per heavy atom. The van der Waals surface area contributed by atoms with Gasteiger partial charge in [-0.25, -0.2) is 0 Å². The molecule has 0 saturated heterocycles. The second-order valence-electron chi connectivity index (χ2n) is 4.24. The maximum Gasteiger partial charge on any atom is 0.214 e. The van der Waals surface area contributed by atoms with Crippen molar-refractivity contribution in [3.63, 3.8) is 0 Å². The number of hydrogen-bond acceptors (Lipinski definition) is 3. The van der Waals surface area contributed by atoms with Gasteiger partial charge in [-0.15, -0.1) is 0 Å².